The molecule has 0 radical (unpaired) electrons. The fourth-order valence-corrected chi connectivity index (χ4v) is 3.17. The van der Waals surface area contributed by atoms with E-state index in [2.05, 4.69) is 20.5 Å². The highest BCUT2D eigenvalue weighted by Crippen LogP contribution is 2.24. The second kappa shape index (κ2) is 9.24. The standard InChI is InChI=1S/C19H26N4O3/c1-2-25-18-12-15(7-8-20-18)13-21-19(24)22-14-16(17-6-5-11-26-17)23-9-3-4-10-23/h5-8,11-12,16H,2-4,9-10,13-14H2,1H3,(H2,21,22,24). The number of rotatable bonds is 8. The SMILES string of the molecule is CCOc1cc(CNC(=O)NCC(c2ccco2)N2CCCC2)ccn1. The van der Waals surface area contributed by atoms with Gasteiger partial charge in [-0.25, -0.2) is 9.78 Å². The van der Waals surface area contributed by atoms with Gasteiger partial charge in [-0.15, -0.1) is 0 Å². The van der Waals surface area contributed by atoms with Crippen molar-refractivity contribution in [2.24, 2.45) is 0 Å². The molecule has 26 heavy (non-hydrogen) atoms. The van der Waals surface area contributed by atoms with E-state index in [1.165, 1.54) is 12.8 Å². The number of amides is 2. The third-order valence-corrected chi connectivity index (χ3v) is 4.45. The van der Waals surface area contributed by atoms with Crippen LogP contribution in [0.3, 0.4) is 0 Å². The summed E-state index contributed by atoms with van der Waals surface area (Å²) in [6, 6.07) is 7.42. The summed E-state index contributed by atoms with van der Waals surface area (Å²) in [5, 5.41) is 5.84. The first kappa shape index (κ1) is 18.3. The molecule has 1 unspecified atom stereocenters. The first-order valence-corrected chi connectivity index (χ1v) is 9.13. The van der Waals surface area contributed by atoms with Gasteiger partial charge in [0.2, 0.25) is 5.88 Å². The van der Waals surface area contributed by atoms with Crippen molar-refractivity contribution in [1.29, 1.82) is 0 Å². The molecule has 7 nitrogen and oxygen atoms in total. The average molecular weight is 358 g/mol. The molecule has 2 aromatic heterocycles. The molecule has 1 atom stereocenters. The van der Waals surface area contributed by atoms with Crippen LogP contribution in [0, 0.1) is 0 Å². The lowest BCUT2D eigenvalue weighted by molar-refractivity contribution is 0.203. The van der Waals surface area contributed by atoms with Gasteiger partial charge in [-0.2, -0.15) is 0 Å². The number of ether oxygens (including phenoxy) is 1. The molecule has 7 heteroatoms. The molecule has 0 spiro atoms. The molecular weight excluding hydrogens is 332 g/mol. The minimum atomic E-state index is -0.199. The molecular formula is C19H26N4O3. The topological polar surface area (TPSA) is 79.6 Å². The van der Waals surface area contributed by atoms with Crippen molar-refractivity contribution in [1.82, 2.24) is 20.5 Å². The van der Waals surface area contributed by atoms with Gasteiger partial charge in [-0.3, -0.25) is 4.90 Å². The van der Waals surface area contributed by atoms with Crippen LogP contribution < -0.4 is 15.4 Å². The largest absolute Gasteiger partial charge is 0.478 e. The average Bonchev–Trinajstić information content (AvgIpc) is 3.35. The van der Waals surface area contributed by atoms with Gasteiger partial charge >= 0.3 is 6.03 Å². The molecule has 2 N–H and O–H groups in total. The van der Waals surface area contributed by atoms with Crippen LogP contribution in [0.4, 0.5) is 4.79 Å². The lowest BCUT2D eigenvalue weighted by Gasteiger charge is -2.26. The van der Waals surface area contributed by atoms with Crippen LogP contribution in [0.15, 0.2) is 41.1 Å². The zero-order valence-corrected chi connectivity index (χ0v) is 15.1. The van der Waals surface area contributed by atoms with E-state index in [1.807, 2.05) is 31.2 Å². The summed E-state index contributed by atoms with van der Waals surface area (Å²) in [6.07, 6.45) is 5.74. The number of urea groups is 1. The Balaban J connectivity index is 1.50. The van der Waals surface area contributed by atoms with E-state index in [0.29, 0.717) is 25.6 Å². The van der Waals surface area contributed by atoms with Gasteiger partial charge in [0.25, 0.3) is 0 Å². The number of nitrogens with zero attached hydrogens (tertiary/aromatic N) is 2. The highest BCUT2D eigenvalue weighted by molar-refractivity contribution is 5.73. The maximum absolute atomic E-state index is 12.2. The fraction of sp³-hybridized carbons (Fsp3) is 0.474. The van der Waals surface area contributed by atoms with Crippen molar-refractivity contribution in [3.8, 4) is 5.88 Å². The Morgan fingerprint density at radius 1 is 1.35 bits per heavy atom. The normalized spacial score (nSPS) is 15.6. The van der Waals surface area contributed by atoms with Gasteiger partial charge < -0.3 is 19.8 Å². The Morgan fingerprint density at radius 2 is 2.19 bits per heavy atom. The molecule has 1 fully saturated rings. The van der Waals surface area contributed by atoms with Gasteiger partial charge in [-0.05, 0) is 56.6 Å². The van der Waals surface area contributed by atoms with Crippen LogP contribution in [0.25, 0.3) is 0 Å². The zero-order valence-electron chi connectivity index (χ0n) is 15.1. The van der Waals surface area contributed by atoms with Crippen LogP contribution in [0.1, 0.15) is 37.1 Å². The zero-order chi connectivity index (χ0) is 18.2. The van der Waals surface area contributed by atoms with E-state index < -0.39 is 0 Å². The molecule has 0 aromatic carbocycles. The number of likely N-dealkylation sites (tertiary alicyclic amines) is 1. The number of pyridine rings is 1. The molecule has 0 bridgehead atoms. The molecule has 2 aromatic rings. The van der Waals surface area contributed by atoms with E-state index in [1.54, 1.807) is 12.5 Å². The molecule has 1 aliphatic heterocycles. The van der Waals surface area contributed by atoms with Crippen LogP contribution in [0.5, 0.6) is 5.88 Å². The second-order valence-electron chi connectivity index (χ2n) is 6.27. The summed E-state index contributed by atoms with van der Waals surface area (Å²) in [7, 11) is 0. The molecule has 1 aliphatic rings. The summed E-state index contributed by atoms with van der Waals surface area (Å²) in [4.78, 5) is 18.7. The highest BCUT2D eigenvalue weighted by atomic mass is 16.5. The number of furan rings is 1. The summed E-state index contributed by atoms with van der Waals surface area (Å²) in [5.74, 6) is 1.46. The Hall–Kier alpha value is -2.54. The molecule has 0 saturated carbocycles. The predicted molar refractivity (Wildman–Crippen MR) is 97.9 cm³/mol. The minimum Gasteiger partial charge on any atom is -0.478 e. The van der Waals surface area contributed by atoms with Crippen molar-refractivity contribution >= 4 is 6.03 Å². The molecule has 0 aliphatic carbocycles. The summed E-state index contributed by atoms with van der Waals surface area (Å²) in [5.41, 5.74) is 0.945. The Bertz CT molecular complexity index is 684. The van der Waals surface area contributed by atoms with E-state index in [0.717, 1.165) is 24.4 Å². The van der Waals surface area contributed by atoms with Gasteiger partial charge in [0.1, 0.15) is 5.76 Å². The summed E-state index contributed by atoms with van der Waals surface area (Å²) < 4.78 is 10.9. The Labute approximate surface area is 153 Å². The third-order valence-electron chi connectivity index (χ3n) is 4.45. The highest BCUT2D eigenvalue weighted by Gasteiger charge is 2.25. The van der Waals surface area contributed by atoms with Crippen LogP contribution >= 0.6 is 0 Å². The third kappa shape index (κ3) is 4.98. The number of carbonyl (C=O) groups is 1. The smallest absolute Gasteiger partial charge is 0.315 e. The lowest BCUT2D eigenvalue weighted by Crippen LogP contribution is -2.41. The maximum atomic E-state index is 12.2. The van der Waals surface area contributed by atoms with E-state index in [9.17, 15) is 4.79 Å². The van der Waals surface area contributed by atoms with Gasteiger partial charge in [0.15, 0.2) is 0 Å². The molecule has 1 saturated heterocycles. The number of nitrogens with one attached hydrogen (secondary N) is 2. The fourth-order valence-electron chi connectivity index (χ4n) is 3.17. The molecule has 140 valence electrons. The van der Waals surface area contributed by atoms with Crippen LogP contribution in [0.2, 0.25) is 0 Å². The van der Waals surface area contributed by atoms with E-state index in [-0.39, 0.29) is 12.1 Å². The number of hydrogen-bond acceptors (Lipinski definition) is 5. The molecule has 3 rings (SSSR count). The first-order chi connectivity index (χ1) is 12.8. The predicted octanol–water partition coefficient (Wildman–Crippen LogP) is 2.71. The summed E-state index contributed by atoms with van der Waals surface area (Å²) in [6.45, 7) is 5.48. The number of carbonyl (C=O) groups excluding carboxylic acids is 1. The van der Waals surface area contributed by atoms with Gasteiger partial charge in [0, 0.05) is 25.4 Å². The second-order valence-corrected chi connectivity index (χ2v) is 6.27. The Morgan fingerprint density at radius 3 is 2.92 bits per heavy atom. The summed E-state index contributed by atoms with van der Waals surface area (Å²) >= 11 is 0. The van der Waals surface area contributed by atoms with Crippen molar-refractivity contribution in [2.75, 3.05) is 26.2 Å². The van der Waals surface area contributed by atoms with Crippen LogP contribution in [-0.2, 0) is 6.54 Å². The molecule has 3 heterocycles. The van der Waals surface area contributed by atoms with Gasteiger partial charge in [0.05, 0.1) is 18.9 Å². The minimum absolute atomic E-state index is 0.0729. The molecule has 2 amide bonds. The van der Waals surface area contributed by atoms with Crippen LogP contribution in [-0.4, -0.2) is 42.2 Å². The van der Waals surface area contributed by atoms with Crippen molar-refractivity contribution in [3.63, 3.8) is 0 Å². The van der Waals surface area contributed by atoms with Crippen molar-refractivity contribution < 1.29 is 13.9 Å². The van der Waals surface area contributed by atoms with E-state index in [4.69, 9.17) is 9.15 Å². The monoisotopic (exact) mass is 358 g/mol. The van der Waals surface area contributed by atoms with Gasteiger partial charge in [-0.1, -0.05) is 0 Å². The number of hydrogen-bond donors (Lipinski definition) is 2. The maximum Gasteiger partial charge on any atom is 0.315 e. The first-order valence-electron chi connectivity index (χ1n) is 9.13. The number of aromatic nitrogens is 1. The van der Waals surface area contributed by atoms with E-state index >= 15 is 0 Å². The quantitative estimate of drug-likeness (QED) is 0.758. The van der Waals surface area contributed by atoms with Crippen molar-refractivity contribution in [2.45, 2.75) is 32.4 Å². The lowest BCUT2D eigenvalue weighted by atomic mass is 10.2. The Kier molecular flexibility index (Phi) is 6.49. The van der Waals surface area contributed by atoms with Crippen molar-refractivity contribution in [3.05, 3.63) is 48.0 Å².